The molecule has 7 nitrogen and oxygen atoms in total. The molecule has 1 aliphatic rings. The highest BCUT2D eigenvalue weighted by Crippen LogP contribution is 2.39. The number of anilines is 1. The minimum Gasteiger partial charge on any atom is -0.477 e. The molecule has 1 aromatic carbocycles. The van der Waals surface area contributed by atoms with Gasteiger partial charge < -0.3 is 15.4 Å². The van der Waals surface area contributed by atoms with Gasteiger partial charge in [-0.25, -0.2) is 19.2 Å². The molecule has 8 heteroatoms. The van der Waals surface area contributed by atoms with Crippen molar-refractivity contribution in [2.24, 2.45) is 0 Å². The molecule has 132 valence electrons. The number of aromatic carboxylic acids is 1. The summed E-state index contributed by atoms with van der Waals surface area (Å²) in [7, 11) is 0. The fraction of sp³-hybridized carbons (Fsp3) is 0.222. The van der Waals surface area contributed by atoms with Gasteiger partial charge in [0, 0.05) is 41.1 Å². The number of pyridine rings is 1. The van der Waals surface area contributed by atoms with Gasteiger partial charge in [-0.2, -0.15) is 0 Å². The van der Waals surface area contributed by atoms with Crippen molar-refractivity contribution in [2.75, 3.05) is 5.73 Å². The average Bonchev–Trinajstić information content (AvgIpc) is 3.42. The fourth-order valence-electron chi connectivity index (χ4n) is 3.29. The SMILES string of the molecule is Cc1c(-c2cnc(N)nc2)c(F)cc2c(=O)c(C(=O)O)cn(C3CC3)c12. The van der Waals surface area contributed by atoms with Crippen LogP contribution in [0.15, 0.2) is 29.5 Å². The first-order valence-electron chi connectivity index (χ1n) is 8.07. The van der Waals surface area contributed by atoms with Crippen molar-refractivity contribution in [3.05, 3.63) is 51.8 Å². The van der Waals surface area contributed by atoms with E-state index in [4.69, 9.17) is 5.73 Å². The second kappa shape index (κ2) is 5.62. The molecular weight excluding hydrogens is 339 g/mol. The van der Waals surface area contributed by atoms with Crippen molar-refractivity contribution in [3.63, 3.8) is 0 Å². The first-order chi connectivity index (χ1) is 12.4. The van der Waals surface area contributed by atoms with Crippen molar-refractivity contribution in [2.45, 2.75) is 25.8 Å². The van der Waals surface area contributed by atoms with Gasteiger partial charge in [0.2, 0.25) is 11.4 Å². The average molecular weight is 354 g/mol. The second-order valence-corrected chi connectivity index (χ2v) is 6.40. The normalized spacial score (nSPS) is 13.9. The monoisotopic (exact) mass is 354 g/mol. The van der Waals surface area contributed by atoms with Crippen LogP contribution >= 0.6 is 0 Å². The van der Waals surface area contributed by atoms with E-state index in [0.717, 1.165) is 18.9 Å². The Bertz CT molecular complexity index is 1120. The number of hydrogen-bond acceptors (Lipinski definition) is 5. The van der Waals surface area contributed by atoms with Crippen LogP contribution < -0.4 is 11.2 Å². The number of fused-ring (bicyclic) bond motifs is 1. The number of halogens is 1. The zero-order valence-electron chi connectivity index (χ0n) is 13.9. The predicted molar refractivity (Wildman–Crippen MR) is 93.6 cm³/mol. The summed E-state index contributed by atoms with van der Waals surface area (Å²) >= 11 is 0. The van der Waals surface area contributed by atoms with Gasteiger partial charge in [0.15, 0.2) is 0 Å². The van der Waals surface area contributed by atoms with Crippen molar-refractivity contribution in [1.82, 2.24) is 14.5 Å². The highest BCUT2D eigenvalue weighted by molar-refractivity contribution is 5.95. The minimum atomic E-state index is -1.32. The summed E-state index contributed by atoms with van der Waals surface area (Å²) in [6.45, 7) is 1.70. The molecule has 0 atom stereocenters. The standard InChI is InChI=1S/C18H15FN4O3/c1-8-14(9-5-21-18(20)22-6-9)13(19)4-11-15(8)23(10-2-3-10)7-12(16(11)24)17(25)26/h4-7,10H,2-3H2,1H3,(H,25,26)(H2,20,21,22). The van der Waals surface area contributed by atoms with Gasteiger partial charge in [0.1, 0.15) is 11.4 Å². The third-order valence-corrected chi connectivity index (χ3v) is 4.64. The maximum atomic E-state index is 14.8. The molecule has 3 N–H and O–H groups in total. The van der Waals surface area contributed by atoms with Crippen molar-refractivity contribution in [1.29, 1.82) is 0 Å². The Balaban J connectivity index is 2.10. The summed E-state index contributed by atoms with van der Waals surface area (Å²) in [6.07, 6.45) is 5.97. The summed E-state index contributed by atoms with van der Waals surface area (Å²) in [5, 5.41) is 9.38. The van der Waals surface area contributed by atoms with Crippen LogP contribution in [0.3, 0.4) is 0 Å². The van der Waals surface area contributed by atoms with E-state index in [-0.39, 0.29) is 28.5 Å². The first-order valence-corrected chi connectivity index (χ1v) is 8.07. The Hall–Kier alpha value is -3.29. The quantitative estimate of drug-likeness (QED) is 0.748. The summed E-state index contributed by atoms with van der Waals surface area (Å²) < 4.78 is 16.6. The highest BCUT2D eigenvalue weighted by Gasteiger charge is 2.29. The molecule has 2 heterocycles. The molecule has 0 saturated heterocycles. The number of aryl methyl sites for hydroxylation is 1. The molecule has 3 aromatic rings. The number of carboxylic acid groups (broad SMARTS) is 1. The van der Waals surface area contributed by atoms with E-state index >= 15 is 0 Å². The van der Waals surface area contributed by atoms with E-state index in [2.05, 4.69) is 9.97 Å². The van der Waals surface area contributed by atoms with Crippen molar-refractivity contribution < 1.29 is 14.3 Å². The molecule has 0 unspecified atom stereocenters. The zero-order chi connectivity index (χ0) is 18.6. The first kappa shape index (κ1) is 16.2. The Morgan fingerprint density at radius 2 is 2.00 bits per heavy atom. The molecule has 1 fully saturated rings. The van der Waals surface area contributed by atoms with E-state index < -0.39 is 17.2 Å². The molecule has 0 amide bonds. The van der Waals surface area contributed by atoms with Crippen LogP contribution in [0.1, 0.15) is 34.8 Å². The van der Waals surface area contributed by atoms with Crippen LogP contribution in [0, 0.1) is 12.7 Å². The molecule has 0 spiro atoms. The number of carbonyl (C=O) groups is 1. The molecule has 26 heavy (non-hydrogen) atoms. The largest absolute Gasteiger partial charge is 0.477 e. The number of rotatable bonds is 3. The second-order valence-electron chi connectivity index (χ2n) is 6.40. The van der Waals surface area contributed by atoms with Gasteiger partial charge >= 0.3 is 5.97 Å². The molecule has 0 aliphatic heterocycles. The Kier molecular flexibility index (Phi) is 3.50. The molecule has 1 saturated carbocycles. The molecule has 0 radical (unpaired) electrons. The van der Waals surface area contributed by atoms with E-state index in [0.29, 0.717) is 16.6 Å². The van der Waals surface area contributed by atoms with Crippen LogP contribution in [0.5, 0.6) is 0 Å². The van der Waals surface area contributed by atoms with E-state index in [9.17, 15) is 19.1 Å². The number of hydrogen-bond donors (Lipinski definition) is 2. The zero-order valence-corrected chi connectivity index (χ0v) is 13.9. The highest BCUT2D eigenvalue weighted by atomic mass is 19.1. The van der Waals surface area contributed by atoms with Gasteiger partial charge in [-0.05, 0) is 31.4 Å². The van der Waals surface area contributed by atoms with Crippen LogP contribution in [0.2, 0.25) is 0 Å². The fourth-order valence-corrected chi connectivity index (χ4v) is 3.29. The predicted octanol–water partition coefficient (Wildman–Crippen LogP) is 2.52. The van der Waals surface area contributed by atoms with Crippen LogP contribution in [0.25, 0.3) is 22.0 Å². The molecule has 2 aromatic heterocycles. The summed E-state index contributed by atoms with van der Waals surface area (Å²) in [5.74, 6) is -1.88. The van der Waals surface area contributed by atoms with Crippen molar-refractivity contribution >= 4 is 22.8 Å². The Morgan fingerprint density at radius 3 is 2.58 bits per heavy atom. The number of nitrogens with two attached hydrogens (primary N) is 1. The van der Waals surface area contributed by atoms with E-state index in [1.54, 1.807) is 11.5 Å². The lowest BCUT2D eigenvalue weighted by molar-refractivity contribution is 0.0695. The van der Waals surface area contributed by atoms with Crippen molar-refractivity contribution in [3.8, 4) is 11.1 Å². The molecule has 4 rings (SSSR count). The van der Waals surface area contributed by atoms with Crippen LogP contribution in [-0.2, 0) is 0 Å². The topological polar surface area (TPSA) is 111 Å². The van der Waals surface area contributed by atoms with Crippen LogP contribution in [0.4, 0.5) is 10.3 Å². The molecule has 1 aliphatic carbocycles. The molecule has 0 bridgehead atoms. The lowest BCUT2D eigenvalue weighted by Gasteiger charge is -2.17. The summed E-state index contributed by atoms with van der Waals surface area (Å²) in [4.78, 5) is 31.8. The number of aromatic nitrogens is 3. The third-order valence-electron chi connectivity index (χ3n) is 4.64. The van der Waals surface area contributed by atoms with Gasteiger partial charge in [0.05, 0.1) is 5.52 Å². The Labute approximate surface area is 146 Å². The summed E-state index contributed by atoms with van der Waals surface area (Å²) in [6, 6.07) is 1.21. The minimum absolute atomic E-state index is 0.0620. The number of nitrogen functional groups attached to an aromatic ring is 1. The van der Waals surface area contributed by atoms with Crippen LogP contribution in [-0.4, -0.2) is 25.6 Å². The smallest absolute Gasteiger partial charge is 0.341 e. The maximum absolute atomic E-state index is 14.8. The summed E-state index contributed by atoms with van der Waals surface area (Å²) in [5.41, 5.74) is 6.23. The van der Waals surface area contributed by atoms with Gasteiger partial charge in [-0.15, -0.1) is 0 Å². The van der Waals surface area contributed by atoms with Gasteiger partial charge in [-0.1, -0.05) is 0 Å². The number of benzene rings is 1. The van der Waals surface area contributed by atoms with Gasteiger partial charge in [0.25, 0.3) is 0 Å². The third kappa shape index (κ3) is 2.42. The maximum Gasteiger partial charge on any atom is 0.341 e. The number of nitrogens with zero attached hydrogens (tertiary/aromatic N) is 3. The molecular formula is C18H15FN4O3. The lowest BCUT2D eigenvalue weighted by atomic mass is 9.97. The van der Waals surface area contributed by atoms with Gasteiger partial charge in [-0.3, -0.25) is 4.79 Å². The number of carboxylic acids is 1. The van der Waals surface area contributed by atoms with E-state index in [1.165, 1.54) is 18.6 Å². The lowest BCUT2D eigenvalue weighted by Crippen LogP contribution is -2.19. The Morgan fingerprint density at radius 1 is 1.35 bits per heavy atom. The van der Waals surface area contributed by atoms with E-state index in [1.807, 2.05) is 0 Å².